The van der Waals surface area contributed by atoms with Crippen molar-refractivity contribution in [1.29, 1.82) is 0 Å². The molecule has 0 unspecified atom stereocenters. The van der Waals surface area contributed by atoms with Gasteiger partial charge < -0.3 is 0 Å². The van der Waals surface area contributed by atoms with Gasteiger partial charge in [0.15, 0.2) is 19.7 Å². The van der Waals surface area contributed by atoms with E-state index in [1.807, 2.05) is 6.92 Å². The van der Waals surface area contributed by atoms with Gasteiger partial charge in [0.1, 0.15) is 0 Å². The lowest BCUT2D eigenvalue weighted by Gasteiger charge is -2.08. The topological polar surface area (TPSA) is 68.3 Å². The monoisotopic (exact) mass is 276 g/mol. The third-order valence-electron chi connectivity index (χ3n) is 2.35. The van der Waals surface area contributed by atoms with Crippen LogP contribution in [0.1, 0.15) is 19.8 Å². The van der Waals surface area contributed by atoms with E-state index in [1.165, 1.54) is 24.3 Å². The zero-order valence-electron chi connectivity index (χ0n) is 9.88. The molecule has 1 rings (SSSR count). The molecule has 0 N–H and O–H groups in total. The summed E-state index contributed by atoms with van der Waals surface area (Å²) < 4.78 is 47.0. The van der Waals surface area contributed by atoms with E-state index in [1.54, 1.807) is 0 Å². The van der Waals surface area contributed by atoms with Crippen molar-refractivity contribution >= 4 is 19.7 Å². The van der Waals surface area contributed by atoms with E-state index < -0.39 is 19.7 Å². The van der Waals surface area contributed by atoms with E-state index in [-0.39, 0.29) is 15.5 Å². The summed E-state index contributed by atoms with van der Waals surface area (Å²) >= 11 is 0. The minimum absolute atomic E-state index is 0.0178. The molecule has 0 radical (unpaired) electrons. The first-order valence-corrected chi connectivity index (χ1v) is 8.85. The summed E-state index contributed by atoms with van der Waals surface area (Å²) in [7, 11) is -7.04. The summed E-state index contributed by atoms with van der Waals surface area (Å²) in [5, 5.41) is 0. The van der Waals surface area contributed by atoms with Gasteiger partial charge in [0.25, 0.3) is 0 Å². The Balaban J connectivity index is 3.33. The van der Waals surface area contributed by atoms with Gasteiger partial charge in [-0.25, -0.2) is 16.8 Å². The van der Waals surface area contributed by atoms with Crippen LogP contribution in [-0.4, -0.2) is 28.8 Å². The Hall–Kier alpha value is -0.880. The fraction of sp³-hybridized carbons (Fsp3) is 0.455. The highest BCUT2D eigenvalue weighted by molar-refractivity contribution is 7.94. The molecule has 0 fully saturated rings. The lowest BCUT2D eigenvalue weighted by Crippen LogP contribution is -2.11. The van der Waals surface area contributed by atoms with Gasteiger partial charge in [-0.3, -0.25) is 0 Å². The Morgan fingerprint density at radius 2 is 1.53 bits per heavy atom. The van der Waals surface area contributed by atoms with Crippen LogP contribution in [0.25, 0.3) is 0 Å². The van der Waals surface area contributed by atoms with Gasteiger partial charge >= 0.3 is 0 Å². The predicted octanol–water partition coefficient (Wildman–Crippen LogP) is 1.66. The second-order valence-corrected chi connectivity index (χ2v) is 7.95. The summed E-state index contributed by atoms with van der Waals surface area (Å²) in [6.07, 6.45) is 2.29. The smallest absolute Gasteiger partial charge is 0.179 e. The molecule has 0 aromatic heterocycles. The number of sulfone groups is 2. The van der Waals surface area contributed by atoms with Crippen molar-refractivity contribution in [3.63, 3.8) is 0 Å². The molecule has 0 bridgehead atoms. The maximum absolute atomic E-state index is 12.0. The van der Waals surface area contributed by atoms with Crippen molar-refractivity contribution in [3.05, 3.63) is 24.3 Å². The third kappa shape index (κ3) is 3.54. The maximum atomic E-state index is 12.0. The Labute approximate surface area is 103 Å². The molecule has 0 amide bonds. The second kappa shape index (κ2) is 5.18. The molecular weight excluding hydrogens is 260 g/mol. The Morgan fingerprint density at radius 1 is 1.00 bits per heavy atom. The summed E-state index contributed by atoms with van der Waals surface area (Å²) in [6, 6.07) is 5.73. The van der Waals surface area contributed by atoms with E-state index in [2.05, 4.69) is 0 Å². The van der Waals surface area contributed by atoms with Crippen molar-refractivity contribution in [1.82, 2.24) is 0 Å². The van der Waals surface area contributed by atoms with Gasteiger partial charge in [-0.05, 0) is 18.6 Å². The first-order valence-electron chi connectivity index (χ1n) is 5.31. The van der Waals surface area contributed by atoms with E-state index in [0.29, 0.717) is 6.42 Å². The fourth-order valence-electron chi connectivity index (χ4n) is 1.46. The van der Waals surface area contributed by atoms with E-state index in [9.17, 15) is 16.8 Å². The molecule has 0 spiro atoms. The molecule has 96 valence electrons. The zero-order valence-corrected chi connectivity index (χ0v) is 11.5. The maximum Gasteiger partial charge on any atom is 0.179 e. The van der Waals surface area contributed by atoms with E-state index in [0.717, 1.165) is 12.7 Å². The summed E-state index contributed by atoms with van der Waals surface area (Å²) in [5.41, 5.74) is 0. The average Bonchev–Trinajstić information content (AvgIpc) is 2.25. The van der Waals surface area contributed by atoms with Gasteiger partial charge in [-0.15, -0.1) is 0 Å². The predicted molar refractivity (Wildman–Crippen MR) is 66.5 cm³/mol. The Kier molecular flexibility index (Phi) is 4.32. The molecule has 6 heteroatoms. The largest absolute Gasteiger partial charge is 0.224 e. The van der Waals surface area contributed by atoms with Crippen molar-refractivity contribution in [2.45, 2.75) is 29.6 Å². The summed E-state index contributed by atoms with van der Waals surface area (Å²) in [4.78, 5) is -0.202. The zero-order chi connectivity index (χ0) is 13.1. The highest BCUT2D eigenvalue weighted by Crippen LogP contribution is 2.22. The van der Waals surface area contributed by atoms with Crippen LogP contribution in [-0.2, 0) is 19.7 Å². The molecule has 1 aromatic carbocycles. The first kappa shape index (κ1) is 14.2. The molecule has 0 saturated heterocycles. The van der Waals surface area contributed by atoms with Crippen molar-refractivity contribution in [2.75, 3.05) is 12.0 Å². The Bertz CT molecular complexity index is 586. The van der Waals surface area contributed by atoms with Crippen LogP contribution in [0.15, 0.2) is 34.1 Å². The van der Waals surface area contributed by atoms with Crippen molar-refractivity contribution < 1.29 is 16.8 Å². The molecule has 0 saturated carbocycles. The van der Waals surface area contributed by atoms with Crippen LogP contribution in [0.4, 0.5) is 0 Å². The van der Waals surface area contributed by atoms with Crippen LogP contribution in [0.2, 0.25) is 0 Å². The van der Waals surface area contributed by atoms with Gasteiger partial charge in [0.2, 0.25) is 0 Å². The minimum Gasteiger partial charge on any atom is -0.224 e. The van der Waals surface area contributed by atoms with Gasteiger partial charge in [-0.1, -0.05) is 25.5 Å². The standard InChI is InChI=1S/C11H16O4S2/c1-3-4-9-17(14,15)11-8-6-5-7-10(11)16(2,12)13/h5-8H,3-4,9H2,1-2H3. The van der Waals surface area contributed by atoms with Crippen LogP contribution >= 0.6 is 0 Å². The van der Waals surface area contributed by atoms with Crippen molar-refractivity contribution in [3.8, 4) is 0 Å². The lowest BCUT2D eigenvalue weighted by molar-refractivity contribution is 0.583. The SMILES string of the molecule is CCCCS(=O)(=O)c1ccccc1S(C)(=O)=O. The first-order chi connectivity index (χ1) is 7.79. The van der Waals surface area contributed by atoms with Crippen LogP contribution in [0.3, 0.4) is 0 Å². The van der Waals surface area contributed by atoms with E-state index >= 15 is 0 Å². The number of unbranched alkanes of at least 4 members (excludes halogenated alkanes) is 1. The van der Waals surface area contributed by atoms with Gasteiger partial charge in [-0.2, -0.15) is 0 Å². The molecule has 17 heavy (non-hydrogen) atoms. The molecular formula is C11H16O4S2. The number of rotatable bonds is 5. The highest BCUT2D eigenvalue weighted by atomic mass is 32.2. The molecule has 0 aliphatic heterocycles. The minimum atomic E-state index is -3.52. The highest BCUT2D eigenvalue weighted by Gasteiger charge is 2.22. The quantitative estimate of drug-likeness (QED) is 0.820. The molecule has 0 aliphatic carbocycles. The van der Waals surface area contributed by atoms with Crippen LogP contribution in [0, 0.1) is 0 Å². The number of hydrogen-bond acceptors (Lipinski definition) is 4. The van der Waals surface area contributed by atoms with Crippen molar-refractivity contribution in [2.24, 2.45) is 0 Å². The van der Waals surface area contributed by atoms with Crippen LogP contribution < -0.4 is 0 Å². The van der Waals surface area contributed by atoms with Gasteiger partial charge in [0, 0.05) is 6.26 Å². The third-order valence-corrected chi connectivity index (χ3v) is 5.49. The average molecular weight is 276 g/mol. The number of hydrogen-bond donors (Lipinski definition) is 0. The molecule has 4 nitrogen and oxygen atoms in total. The molecule has 0 aliphatic rings. The van der Waals surface area contributed by atoms with E-state index in [4.69, 9.17) is 0 Å². The summed E-state index contributed by atoms with van der Waals surface area (Å²) in [5.74, 6) is -0.0178. The number of benzene rings is 1. The molecule has 1 aromatic rings. The second-order valence-electron chi connectivity index (χ2n) is 3.89. The summed E-state index contributed by atoms with van der Waals surface area (Å²) in [6.45, 7) is 1.89. The molecule has 0 atom stereocenters. The van der Waals surface area contributed by atoms with Gasteiger partial charge in [0.05, 0.1) is 15.5 Å². The lowest BCUT2D eigenvalue weighted by atomic mass is 10.4. The molecule has 0 heterocycles. The normalized spacial score (nSPS) is 12.6. The Morgan fingerprint density at radius 3 is 2.00 bits per heavy atom. The van der Waals surface area contributed by atoms with Crippen LogP contribution in [0.5, 0.6) is 0 Å². The fourth-order valence-corrected chi connectivity index (χ4v) is 4.60.